The summed E-state index contributed by atoms with van der Waals surface area (Å²) in [4.78, 5) is 33.2. The molecule has 11 nitrogen and oxygen atoms in total. The van der Waals surface area contributed by atoms with Gasteiger partial charge in [-0.25, -0.2) is 14.8 Å². The third-order valence-corrected chi connectivity index (χ3v) is 8.30. The number of carbonyl (C=O) groups excluding carboxylic acids is 1. The molecule has 3 aromatic heterocycles. The number of rotatable bonds is 8. The molecule has 0 saturated carbocycles. The first-order valence-corrected chi connectivity index (χ1v) is 15.4. The van der Waals surface area contributed by atoms with Crippen LogP contribution in [0.1, 0.15) is 30.9 Å². The second kappa shape index (κ2) is 12.9. The fourth-order valence-corrected chi connectivity index (χ4v) is 5.79. The van der Waals surface area contributed by atoms with Crippen LogP contribution in [0.25, 0.3) is 10.9 Å². The summed E-state index contributed by atoms with van der Waals surface area (Å²) < 4.78 is 1.92. The topological polar surface area (TPSA) is 107 Å². The molecule has 1 aliphatic rings. The quantitative estimate of drug-likeness (QED) is 0.228. The molecular formula is C34H40N10O. The Morgan fingerprint density at radius 3 is 2.44 bits per heavy atom. The number of urea groups is 1. The number of carbonyl (C=O) groups is 1. The number of amides is 2. The highest BCUT2D eigenvalue weighted by atomic mass is 16.2. The zero-order chi connectivity index (χ0) is 31.5. The molecule has 1 saturated heterocycles. The van der Waals surface area contributed by atoms with Crippen LogP contribution in [0, 0.1) is 13.8 Å². The first-order chi connectivity index (χ1) is 21.7. The van der Waals surface area contributed by atoms with E-state index >= 15 is 0 Å². The molecule has 0 spiro atoms. The predicted octanol–water partition coefficient (Wildman–Crippen LogP) is 5.83. The SMILES string of the molecule is Cc1cccc(Cn2nc(C)c3c(NC(=O)N(C)c4cc(Nc5ccc(N6CCN(C(C)C)CC6)cc5)ncn4)cccc32)n1. The van der Waals surface area contributed by atoms with Crippen molar-refractivity contribution < 1.29 is 4.79 Å². The van der Waals surface area contributed by atoms with Crippen LogP contribution in [0.15, 0.2) is 73.1 Å². The van der Waals surface area contributed by atoms with E-state index in [-0.39, 0.29) is 6.03 Å². The Bertz CT molecular complexity index is 1790. The third-order valence-electron chi connectivity index (χ3n) is 8.30. The summed E-state index contributed by atoms with van der Waals surface area (Å²) in [6.07, 6.45) is 1.46. The smallest absolute Gasteiger partial charge is 0.327 e. The molecule has 2 aromatic carbocycles. The summed E-state index contributed by atoms with van der Waals surface area (Å²) in [6.45, 7) is 13.2. The number of piperazine rings is 1. The number of anilines is 5. The van der Waals surface area contributed by atoms with Gasteiger partial charge in [0.15, 0.2) is 0 Å². The first-order valence-electron chi connectivity index (χ1n) is 15.4. The zero-order valence-corrected chi connectivity index (χ0v) is 26.5. The van der Waals surface area contributed by atoms with Crippen molar-refractivity contribution in [1.29, 1.82) is 0 Å². The Morgan fingerprint density at radius 1 is 0.956 bits per heavy atom. The van der Waals surface area contributed by atoms with E-state index in [1.165, 1.54) is 16.9 Å². The van der Waals surface area contributed by atoms with E-state index in [4.69, 9.17) is 5.10 Å². The maximum absolute atomic E-state index is 13.4. The number of aromatic nitrogens is 5. The predicted molar refractivity (Wildman–Crippen MR) is 181 cm³/mol. The van der Waals surface area contributed by atoms with E-state index < -0.39 is 0 Å². The average Bonchev–Trinajstić information content (AvgIpc) is 3.36. The zero-order valence-electron chi connectivity index (χ0n) is 26.5. The lowest BCUT2D eigenvalue weighted by Gasteiger charge is -2.38. The van der Waals surface area contributed by atoms with Crippen molar-refractivity contribution in [3.8, 4) is 0 Å². The van der Waals surface area contributed by atoms with Crippen molar-refractivity contribution in [2.24, 2.45) is 0 Å². The minimum absolute atomic E-state index is 0.318. The molecule has 4 heterocycles. The van der Waals surface area contributed by atoms with E-state index in [9.17, 15) is 4.79 Å². The average molecular weight is 605 g/mol. The van der Waals surface area contributed by atoms with E-state index in [0.717, 1.165) is 59.9 Å². The van der Waals surface area contributed by atoms with Gasteiger partial charge in [-0.1, -0.05) is 12.1 Å². The van der Waals surface area contributed by atoms with Crippen molar-refractivity contribution in [1.82, 2.24) is 29.6 Å². The maximum atomic E-state index is 13.4. The van der Waals surface area contributed by atoms with Crippen molar-refractivity contribution >= 4 is 45.6 Å². The largest absolute Gasteiger partial charge is 0.369 e. The molecule has 0 radical (unpaired) electrons. The summed E-state index contributed by atoms with van der Waals surface area (Å²) in [5.41, 5.74) is 6.45. The molecule has 232 valence electrons. The number of benzene rings is 2. The molecule has 45 heavy (non-hydrogen) atoms. The van der Waals surface area contributed by atoms with Gasteiger partial charge in [-0.15, -0.1) is 0 Å². The van der Waals surface area contributed by atoms with E-state index in [1.54, 1.807) is 13.1 Å². The molecule has 5 aromatic rings. The van der Waals surface area contributed by atoms with Gasteiger partial charge in [0.2, 0.25) is 0 Å². The van der Waals surface area contributed by atoms with Crippen LogP contribution in [-0.2, 0) is 6.54 Å². The first kappa shape index (κ1) is 30.0. The van der Waals surface area contributed by atoms with Gasteiger partial charge in [0, 0.05) is 67.8 Å². The Labute approximate surface area is 263 Å². The Morgan fingerprint density at radius 2 is 1.71 bits per heavy atom. The van der Waals surface area contributed by atoms with Crippen molar-refractivity contribution in [3.63, 3.8) is 0 Å². The normalized spacial score (nSPS) is 13.8. The van der Waals surface area contributed by atoms with Gasteiger partial charge in [0.25, 0.3) is 0 Å². The number of nitrogens with zero attached hydrogens (tertiary/aromatic N) is 8. The number of hydrogen-bond acceptors (Lipinski definition) is 8. The van der Waals surface area contributed by atoms with Gasteiger partial charge in [-0.05, 0) is 76.2 Å². The Kier molecular flexibility index (Phi) is 8.61. The maximum Gasteiger partial charge on any atom is 0.327 e. The minimum atomic E-state index is -0.318. The number of fused-ring (bicyclic) bond motifs is 1. The van der Waals surface area contributed by atoms with Gasteiger partial charge in [0.1, 0.15) is 18.0 Å². The van der Waals surface area contributed by atoms with Gasteiger partial charge in [0.05, 0.1) is 29.1 Å². The molecule has 11 heteroatoms. The van der Waals surface area contributed by atoms with Crippen molar-refractivity contribution in [2.45, 2.75) is 40.3 Å². The Balaban J connectivity index is 1.12. The van der Waals surface area contributed by atoms with Crippen LogP contribution < -0.4 is 20.4 Å². The van der Waals surface area contributed by atoms with Gasteiger partial charge in [-0.2, -0.15) is 5.10 Å². The second-order valence-electron chi connectivity index (χ2n) is 11.8. The molecule has 6 rings (SSSR count). The Hall–Kier alpha value is -5.03. The van der Waals surface area contributed by atoms with Crippen molar-refractivity contribution in [2.75, 3.05) is 53.7 Å². The lowest BCUT2D eigenvalue weighted by atomic mass is 10.1. The van der Waals surface area contributed by atoms with E-state index in [1.807, 2.05) is 54.9 Å². The standard InChI is InChI=1S/C34H40N10O/c1-23(2)42-16-18-43(19-17-42)28-14-12-26(13-15-28)38-31-20-32(36-22-35-31)41(5)34(45)39-29-10-7-11-30-33(29)25(4)40-44(30)21-27-9-6-8-24(3)37-27/h6-15,20,22-23H,16-19,21H2,1-5H3,(H,39,45)(H,35,36,38). The number of aryl methyl sites for hydroxylation is 2. The number of nitrogens with one attached hydrogen (secondary N) is 2. The lowest BCUT2D eigenvalue weighted by molar-refractivity contribution is 0.209. The monoisotopic (exact) mass is 604 g/mol. The van der Waals surface area contributed by atoms with Gasteiger partial charge >= 0.3 is 6.03 Å². The summed E-state index contributed by atoms with van der Waals surface area (Å²) in [7, 11) is 1.69. The summed E-state index contributed by atoms with van der Waals surface area (Å²) in [5.74, 6) is 1.07. The van der Waals surface area contributed by atoms with Crippen LogP contribution in [0.3, 0.4) is 0 Å². The van der Waals surface area contributed by atoms with E-state index in [2.05, 4.69) is 73.5 Å². The highest BCUT2D eigenvalue weighted by Crippen LogP contribution is 2.28. The van der Waals surface area contributed by atoms with Gasteiger partial charge < -0.3 is 15.5 Å². The third kappa shape index (κ3) is 6.73. The molecule has 1 aliphatic heterocycles. The number of hydrogen-bond donors (Lipinski definition) is 2. The molecule has 0 aliphatic carbocycles. The van der Waals surface area contributed by atoms with Crippen LogP contribution >= 0.6 is 0 Å². The number of pyridine rings is 1. The highest BCUT2D eigenvalue weighted by Gasteiger charge is 2.20. The van der Waals surface area contributed by atoms with Crippen molar-refractivity contribution in [3.05, 3.63) is 90.1 Å². The molecular weight excluding hydrogens is 564 g/mol. The van der Waals surface area contributed by atoms with Crippen LogP contribution in [0.2, 0.25) is 0 Å². The summed E-state index contributed by atoms with van der Waals surface area (Å²) in [5, 5.41) is 12.0. The van der Waals surface area contributed by atoms with Crippen LogP contribution in [-0.4, -0.2) is 74.9 Å². The lowest BCUT2D eigenvalue weighted by Crippen LogP contribution is -2.48. The molecule has 0 unspecified atom stereocenters. The summed E-state index contributed by atoms with van der Waals surface area (Å²) >= 11 is 0. The molecule has 2 N–H and O–H groups in total. The van der Waals surface area contributed by atoms with Gasteiger partial charge in [-0.3, -0.25) is 19.5 Å². The molecule has 0 atom stereocenters. The second-order valence-corrected chi connectivity index (χ2v) is 11.8. The fourth-order valence-electron chi connectivity index (χ4n) is 5.79. The molecule has 2 amide bonds. The summed E-state index contributed by atoms with van der Waals surface area (Å²) in [6, 6.07) is 22.2. The highest BCUT2D eigenvalue weighted by molar-refractivity contribution is 6.07. The minimum Gasteiger partial charge on any atom is -0.369 e. The molecule has 1 fully saturated rings. The van der Waals surface area contributed by atoms with Crippen LogP contribution in [0.5, 0.6) is 0 Å². The van der Waals surface area contributed by atoms with Crippen LogP contribution in [0.4, 0.5) is 33.5 Å². The molecule has 0 bridgehead atoms. The van der Waals surface area contributed by atoms with E-state index in [0.29, 0.717) is 29.9 Å². The fraction of sp³-hybridized carbons (Fsp3) is 0.324.